The second-order valence-corrected chi connectivity index (χ2v) is 3.43. The van der Waals surface area contributed by atoms with Crippen LogP contribution in [0.2, 0.25) is 0 Å². The van der Waals surface area contributed by atoms with Crippen LogP contribution in [0.3, 0.4) is 0 Å². The van der Waals surface area contributed by atoms with Gasteiger partial charge in [-0.05, 0) is 14.0 Å². The quantitative estimate of drug-likeness (QED) is 0.765. The molecule has 0 radical (unpaired) electrons. The minimum atomic E-state index is -4.33. The Bertz CT molecular complexity index is 206. The average molecular weight is 226 g/mol. The molecule has 1 unspecified atom stereocenters. The van der Waals surface area contributed by atoms with E-state index in [1.54, 1.807) is 14.0 Å². The van der Waals surface area contributed by atoms with Gasteiger partial charge in [0.15, 0.2) is 0 Å². The molecular weight excluding hydrogens is 209 g/mol. The molecule has 0 saturated carbocycles. The smallest absolute Gasteiger partial charge is 0.334 e. The Kier molecular flexibility index (Phi) is 5.64. The van der Waals surface area contributed by atoms with Gasteiger partial charge in [0.1, 0.15) is 6.54 Å². The van der Waals surface area contributed by atoms with Crippen molar-refractivity contribution in [2.75, 3.05) is 26.7 Å². The van der Waals surface area contributed by atoms with E-state index in [2.05, 4.69) is 5.32 Å². The molecule has 0 aromatic rings. The predicted octanol–water partition coefficient (Wildman–Crippen LogP) is 1.25. The number of hydrogen-bond donors (Lipinski definition) is 1. The summed E-state index contributed by atoms with van der Waals surface area (Å²) in [4.78, 5) is 12.3. The molecule has 0 aliphatic heterocycles. The van der Waals surface area contributed by atoms with Crippen molar-refractivity contribution >= 4 is 5.91 Å². The van der Waals surface area contributed by atoms with E-state index in [0.717, 1.165) is 4.90 Å². The van der Waals surface area contributed by atoms with Crippen LogP contribution in [0.1, 0.15) is 13.8 Å². The molecule has 0 aromatic heterocycles. The highest BCUT2D eigenvalue weighted by Crippen LogP contribution is 2.17. The van der Waals surface area contributed by atoms with Gasteiger partial charge in [-0.25, -0.2) is 0 Å². The summed E-state index contributed by atoms with van der Waals surface area (Å²) in [5, 5.41) is 2.76. The number of carbonyl (C=O) groups excluding carboxylic acids is 1. The summed E-state index contributed by atoms with van der Waals surface area (Å²) in [6.07, 6.45) is -4.33. The number of carbonyl (C=O) groups is 1. The minimum absolute atomic E-state index is 0.0758. The molecule has 6 heteroatoms. The lowest BCUT2D eigenvalue weighted by atomic mass is 10.1. The molecule has 0 aliphatic rings. The van der Waals surface area contributed by atoms with Crippen molar-refractivity contribution in [3.63, 3.8) is 0 Å². The Morgan fingerprint density at radius 1 is 1.47 bits per heavy atom. The fraction of sp³-hybridized carbons (Fsp3) is 0.889. The van der Waals surface area contributed by atoms with Crippen molar-refractivity contribution in [1.82, 2.24) is 10.2 Å². The molecule has 0 aliphatic carbocycles. The largest absolute Gasteiger partial charge is 0.406 e. The first-order valence-electron chi connectivity index (χ1n) is 4.82. The summed E-state index contributed by atoms with van der Waals surface area (Å²) in [5.74, 6) is -0.901. The SMILES string of the molecule is CCN(CC(F)(F)F)C(=O)C(C)CNC. The standard InChI is InChI=1S/C9H17F3N2O/c1-4-14(6-9(10,11)12)8(15)7(2)5-13-3/h7,13H,4-6H2,1-3H3. The Morgan fingerprint density at radius 2 is 2.00 bits per heavy atom. The van der Waals surface area contributed by atoms with E-state index in [1.165, 1.54) is 6.92 Å². The van der Waals surface area contributed by atoms with E-state index in [4.69, 9.17) is 0 Å². The van der Waals surface area contributed by atoms with Gasteiger partial charge in [0.05, 0.1) is 0 Å². The van der Waals surface area contributed by atoms with Crippen molar-refractivity contribution < 1.29 is 18.0 Å². The van der Waals surface area contributed by atoms with Crippen molar-refractivity contribution in [3.05, 3.63) is 0 Å². The first-order valence-corrected chi connectivity index (χ1v) is 4.82. The van der Waals surface area contributed by atoms with E-state index < -0.39 is 24.5 Å². The molecule has 15 heavy (non-hydrogen) atoms. The number of nitrogens with zero attached hydrogens (tertiary/aromatic N) is 1. The van der Waals surface area contributed by atoms with Gasteiger partial charge in [0.25, 0.3) is 0 Å². The maximum atomic E-state index is 12.1. The van der Waals surface area contributed by atoms with E-state index in [-0.39, 0.29) is 6.54 Å². The van der Waals surface area contributed by atoms with Crippen molar-refractivity contribution in [2.45, 2.75) is 20.0 Å². The van der Waals surface area contributed by atoms with E-state index in [0.29, 0.717) is 6.54 Å². The maximum absolute atomic E-state index is 12.1. The molecule has 1 amide bonds. The molecule has 1 atom stereocenters. The molecule has 0 fully saturated rings. The molecule has 90 valence electrons. The van der Waals surface area contributed by atoms with Crippen LogP contribution in [0.25, 0.3) is 0 Å². The lowest BCUT2D eigenvalue weighted by Crippen LogP contribution is -2.43. The molecule has 0 bridgehead atoms. The van der Waals surface area contributed by atoms with Crippen LogP contribution in [-0.2, 0) is 4.79 Å². The van der Waals surface area contributed by atoms with Crippen LogP contribution >= 0.6 is 0 Å². The zero-order valence-electron chi connectivity index (χ0n) is 9.19. The number of alkyl halides is 3. The van der Waals surface area contributed by atoms with Crippen molar-refractivity contribution in [2.24, 2.45) is 5.92 Å². The van der Waals surface area contributed by atoms with Crippen LogP contribution in [0.15, 0.2) is 0 Å². The third-order valence-electron chi connectivity index (χ3n) is 2.00. The lowest BCUT2D eigenvalue weighted by Gasteiger charge is -2.25. The second-order valence-electron chi connectivity index (χ2n) is 3.43. The molecule has 0 rings (SSSR count). The van der Waals surface area contributed by atoms with Crippen molar-refractivity contribution in [1.29, 1.82) is 0 Å². The summed E-state index contributed by atoms with van der Waals surface area (Å²) in [6.45, 7) is 2.43. The van der Waals surface area contributed by atoms with Gasteiger partial charge in [-0.1, -0.05) is 6.92 Å². The fourth-order valence-corrected chi connectivity index (χ4v) is 1.27. The zero-order valence-corrected chi connectivity index (χ0v) is 9.19. The molecule has 3 nitrogen and oxygen atoms in total. The molecule has 0 heterocycles. The highest BCUT2D eigenvalue weighted by atomic mass is 19.4. The van der Waals surface area contributed by atoms with Crippen LogP contribution in [0.4, 0.5) is 13.2 Å². The fourth-order valence-electron chi connectivity index (χ4n) is 1.27. The predicted molar refractivity (Wildman–Crippen MR) is 51.4 cm³/mol. The van der Waals surface area contributed by atoms with E-state index >= 15 is 0 Å². The number of hydrogen-bond acceptors (Lipinski definition) is 2. The Hall–Kier alpha value is -0.780. The summed E-state index contributed by atoms with van der Waals surface area (Å²) in [6, 6.07) is 0. The lowest BCUT2D eigenvalue weighted by molar-refractivity contribution is -0.162. The molecule has 1 N–H and O–H groups in total. The van der Waals surface area contributed by atoms with Gasteiger partial charge < -0.3 is 10.2 Å². The van der Waals surface area contributed by atoms with Crippen LogP contribution < -0.4 is 5.32 Å². The summed E-state index contributed by atoms with van der Waals surface area (Å²) < 4.78 is 36.3. The summed E-state index contributed by atoms with van der Waals surface area (Å²) in [5.41, 5.74) is 0. The first kappa shape index (κ1) is 14.2. The number of amides is 1. The van der Waals surface area contributed by atoms with Crippen LogP contribution in [0, 0.1) is 5.92 Å². The normalized spacial score (nSPS) is 13.7. The third kappa shape index (κ3) is 5.61. The van der Waals surface area contributed by atoms with Gasteiger partial charge in [0.2, 0.25) is 5.91 Å². The number of halogens is 3. The number of rotatable bonds is 5. The molecular formula is C9H17F3N2O. The Morgan fingerprint density at radius 3 is 2.33 bits per heavy atom. The van der Waals surface area contributed by atoms with E-state index in [1.807, 2.05) is 0 Å². The first-order chi connectivity index (χ1) is 6.81. The van der Waals surface area contributed by atoms with Gasteiger partial charge >= 0.3 is 6.18 Å². The highest BCUT2D eigenvalue weighted by Gasteiger charge is 2.33. The minimum Gasteiger partial charge on any atom is -0.334 e. The molecule has 0 spiro atoms. The van der Waals surface area contributed by atoms with Gasteiger partial charge in [0, 0.05) is 19.0 Å². The topological polar surface area (TPSA) is 32.3 Å². The zero-order chi connectivity index (χ0) is 12.1. The second kappa shape index (κ2) is 5.95. The summed E-state index contributed by atoms with van der Waals surface area (Å²) >= 11 is 0. The summed E-state index contributed by atoms with van der Waals surface area (Å²) in [7, 11) is 1.66. The third-order valence-corrected chi connectivity index (χ3v) is 2.00. The Balaban J connectivity index is 4.34. The average Bonchev–Trinajstić information content (AvgIpc) is 2.12. The molecule has 0 saturated heterocycles. The number of nitrogens with one attached hydrogen (secondary N) is 1. The van der Waals surface area contributed by atoms with Gasteiger partial charge in [-0.2, -0.15) is 13.2 Å². The molecule has 0 aromatic carbocycles. The van der Waals surface area contributed by atoms with Gasteiger partial charge in [-0.15, -0.1) is 0 Å². The van der Waals surface area contributed by atoms with Crippen molar-refractivity contribution in [3.8, 4) is 0 Å². The van der Waals surface area contributed by atoms with Crippen LogP contribution in [-0.4, -0.2) is 43.7 Å². The van der Waals surface area contributed by atoms with E-state index in [9.17, 15) is 18.0 Å². The van der Waals surface area contributed by atoms with Crippen LogP contribution in [0.5, 0.6) is 0 Å². The Labute approximate surface area is 87.6 Å². The maximum Gasteiger partial charge on any atom is 0.406 e. The van der Waals surface area contributed by atoms with Gasteiger partial charge in [-0.3, -0.25) is 4.79 Å². The highest BCUT2D eigenvalue weighted by molar-refractivity contribution is 5.78. The monoisotopic (exact) mass is 226 g/mol.